The van der Waals surface area contributed by atoms with Gasteiger partial charge in [-0.1, -0.05) is 13.3 Å². The predicted octanol–water partition coefficient (Wildman–Crippen LogP) is 1.75. The van der Waals surface area contributed by atoms with Gasteiger partial charge in [-0.05, 0) is 6.42 Å². The van der Waals surface area contributed by atoms with Crippen molar-refractivity contribution in [3.05, 3.63) is 16.6 Å². The second-order valence-electron chi connectivity index (χ2n) is 3.84. The summed E-state index contributed by atoms with van der Waals surface area (Å²) in [7, 11) is 1.28. The molecule has 0 aliphatic heterocycles. The number of carbonyl (C=O) groups excluding carboxylic acids is 2. The number of carbonyl (C=O) groups is 2. The fourth-order valence-electron chi connectivity index (χ4n) is 1.36. The fourth-order valence-corrected chi connectivity index (χ4v) is 2.02. The van der Waals surface area contributed by atoms with Gasteiger partial charge in [0.2, 0.25) is 0 Å². The first-order valence-corrected chi connectivity index (χ1v) is 6.94. The lowest BCUT2D eigenvalue weighted by Gasteiger charge is -2.15. The van der Waals surface area contributed by atoms with Crippen LogP contribution in [0.15, 0.2) is 11.6 Å². The van der Waals surface area contributed by atoms with E-state index in [4.69, 9.17) is 4.74 Å². The molecule has 0 aromatic carbocycles. The number of esters is 1. The Labute approximate surface area is 116 Å². The Balaban J connectivity index is 2.50. The molecule has 1 aromatic rings. The number of methoxy groups -OCH3 is 1. The highest BCUT2D eigenvalue weighted by Crippen LogP contribution is 2.08. The zero-order valence-corrected chi connectivity index (χ0v) is 11.9. The number of amides is 1. The van der Waals surface area contributed by atoms with E-state index < -0.39 is 18.1 Å². The summed E-state index contributed by atoms with van der Waals surface area (Å²) < 4.78 is 9.61. The summed E-state index contributed by atoms with van der Waals surface area (Å²) in [6.07, 6.45) is 3.07. The van der Waals surface area contributed by atoms with Crippen molar-refractivity contribution in [3.8, 4) is 0 Å². The van der Waals surface area contributed by atoms with E-state index >= 15 is 0 Å². The van der Waals surface area contributed by atoms with Crippen LogP contribution in [-0.2, 0) is 20.7 Å². The fraction of sp³-hybridized carbons (Fsp3) is 0.583. The van der Waals surface area contributed by atoms with Crippen molar-refractivity contribution in [2.24, 2.45) is 0 Å². The van der Waals surface area contributed by atoms with Gasteiger partial charge in [-0.2, -0.15) is 0 Å². The van der Waals surface area contributed by atoms with E-state index in [0.29, 0.717) is 13.0 Å². The van der Waals surface area contributed by atoms with Crippen molar-refractivity contribution in [2.75, 3.05) is 13.7 Å². The van der Waals surface area contributed by atoms with Crippen LogP contribution in [0.25, 0.3) is 0 Å². The molecule has 6 nitrogen and oxygen atoms in total. The third-order valence-corrected chi connectivity index (χ3v) is 3.17. The first-order chi connectivity index (χ1) is 9.17. The van der Waals surface area contributed by atoms with Crippen LogP contribution in [0.2, 0.25) is 0 Å². The number of rotatable bonds is 7. The number of aromatic nitrogens is 1. The molecule has 0 saturated heterocycles. The van der Waals surface area contributed by atoms with Gasteiger partial charge in [0.15, 0.2) is 0 Å². The van der Waals surface area contributed by atoms with E-state index in [-0.39, 0.29) is 0 Å². The first kappa shape index (κ1) is 15.4. The molecular formula is C12H18N2O4S. The van der Waals surface area contributed by atoms with Crippen LogP contribution >= 0.6 is 11.3 Å². The highest BCUT2D eigenvalue weighted by Gasteiger charge is 2.23. The van der Waals surface area contributed by atoms with Crippen LogP contribution < -0.4 is 5.32 Å². The molecule has 1 amide bonds. The average Bonchev–Trinajstić information content (AvgIpc) is 2.90. The van der Waals surface area contributed by atoms with Crippen LogP contribution in [0.3, 0.4) is 0 Å². The minimum Gasteiger partial charge on any atom is -0.467 e. The lowest BCUT2D eigenvalue weighted by Crippen LogP contribution is -2.43. The monoisotopic (exact) mass is 286 g/mol. The normalized spacial score (nSPS) is 11.7. The minimum absolute atomic E-state index is 0.299. The molecule has 0 aliphatic carbocycles. The van der Waals surface area contributed by atoms with Crippen LogP contribution in [0.4, 0.5) is 4.79 Å². The van der Waals surface area contributed by atoms with Crippen molar-refractivity contribution < 1.29 is 19.1 Å². The predicted molar refractivity (Wildman–Crippen MR) is 71.0 cm³/mol. The number of alkyl carbamates (subject to hydrolysis) is 1. The topological polar surface area (TPSA) is 77.5 Å². The number of hydrogen-bond donors (Lipinski definition) is 1. The summed E-state index contributed by atoms with van der Waals surface area (Å²) in [6.45, 7) is 2.34. The Hall–Kier alpha value is -1.63. The molecule has 1 aromatic heterocycles. The number of unbranched alkanes of at least 4 members (excludes halogenated alkanes) is 1. The second kappa shape index (κ2) is 8.47. The number of thiazole rings is 1. The maximum atomic E-state index is 11.6. The molecule has 0 saturated carbocycles. The Morgan fingerprint density at radius 1 is 1.53 bits per heavy atom. The van der Waals surface area contributed by atoms with Gasteiger partial charge >= 0.3 is 12.1 Å². The molecule has 0 aliphatic rings. The summed E-state index contributed by atoms with van der Waals surface area (Å²) >= 11 is 1.42. The van der Waals surface area contributed by atoms with Gasteiger partial charge in [0.25, 0.3) is 0 Å². The molecule has 1 unspecified atom stereocenters. The number of ether oxygens (including phenoxy) is 2. The zero-order chi connectivity index (χ0) is 14.1. The van der Waals surface area contributed by atoms with Crippen LogP contribution in [0, 0.1) is 0 Å². The lowest BCUT2D eigenvalue weighted by molar-refractivity contribution is -0.142. The van der Waals surface area contributed by atoms with E-state index in [1.807, 2.05) is 12.3 Å². The SMILES string of the molecule is CCCCOC(=O)NC(Cc1nccs1)C(=O)OC. The van der Waals surface area contributed by atoms with Crippen LogP contribution in [-0.4, -0.2) is 36.8 Å². The van der Waals surface area contributed by atoms with Gasteiger partial charge in [0, 0.05) is 18.0 Å². The minimum atomic E-state index is -0.773. The van der Waals surface area contributed by atoms with Gasteiger partial charge in [-0.15, -0.1) is 11.3 Å². The van der Waals surface area contributed by atoms with Gasteiger partial charge in [-0.3, -0.25) is 0 Å². The maximum Gasteiger partial charge on any atom is 0.407 e. The van der Waals surface area contributed by atoms with Gasteiger partial charge in [0.05, 0.1) is 18.7 Å². The van der Waals surface area contributed by atoms with E-state index in [0.717, 1.165) is 17.8 Å². The molecule has 106 valence electrons. The van der Waals surface area contributed by atoms with Gasteiger partial charge in [0.1, 0.15) is 6.04 Å². The smallest absolute Gasteiger partial charge is 0.407 e. The van der Waals surface area contributed by atoms with E-state index in [1.54, 1.807) is 6.20 Å². The molecule has 1 rings (SSSR count). The lowest BCUT2D eigenvalue weighted by atomic mass is 10.2. The highest BCUT2D eigenvalue weighted by atomic mass is 32.1. The number of nitrogens with one attached hydrogen (secondary N) is 1. The van der Waals surface area contributed by atoms with Crippen molar-refractivity contribution in [1.82, 2.24) is 10.3 Å². The molecule has 1 N–H and O–H groups in total. The maximum absolute atomic E-state index is 11.6. The molecule has 0 fully saturated rings. The number of hydrogen-bond acceptors (Lipinski definition) is 6. The number of nitrogens with zero attached hydrogens (tertiary/aromatic N) is 1. The average molecular weight is 286 g/mol. The summed E-state index contributed by atoms with van der Waals surface area (Å²) in [6, 6.07) is -0.773. The summed E-state index contributed by atoms with van der Waals surface area (Å²) in [5.74, 6) is -0.511. The summed E-state index contributed by atoms with van der Waals surface area (Å²) in [5, 5.41) is 5.06. The van der Waals surface area contributed by atoms with Gasteiger partial charge in [-0.25, -0.2) is 14.6 Å². The van der Waals surface area contributed by atoms with Crippen LogP contribution in [0.1, 0.15) is 24.8 Å². The van der Waals surface area contributed by atoms with Crippen molar-refractivity contribution >= 4 is 23.4 Å². The van der Waals surface area contributed by atoms with Crippen molar-refractivity contribution in [3.63, 3.8) is 0 Å². The third-order valence-electron chi connectivity index (χ3n) is 2.37. The molecule has 7 heteroatoms. The van der Waals surface area contributed by atoms with E-state index in [2.05, 4.69) is 15.0 Å². The van der Waals surface area contributed by atoms with Crippen molar-refractivity contribution in [2.45, 2.75) is 32.2 Å². The highest BCUT2D eigenvalue weighted by molar-refractivity contribution is 7.09. The third kappa shape index (κ3) is 5.69. The zero-order valence-electron chi connectivity index (χ0n) is 11.0. The van der Waals surface area contributed by atoms with Crippen LogP contribution in [0.5, 0.6) is 0 Å². The Bertz CT molecular complexity index is 394. The Kier molecular flexibility index (Phi) is 6.88. The Morgan fingerprint density at radius 3 is 2.89 bits per heavy atom. The van der Waals surface area contributed by atoms with Gasteiger partial charge < -0.3 is 14.8 Å². The van der Waals surface area contributed by atoms with E-state index in [1.165, 1.54) is 18.4 Å². The summed E-state index contributed by atoms with van der Waals surface area (Å²) in [4.78, 5) is 27.2. The molecule has 1 heterocycles. The first-order valence-electron chi connectivity index (χ1n) is 6.06. The molecule has 0 spiro atoms. The quantitative estimate of drug-likeness (QED) is 0.610. The van der Waals surface area contributed by atoms with Crippen molar-refractivity contribution in [1.29, 1.82) is 0 Å². The molecule has 19 heavy (non-hydrogen) atoms. The molecule has 1 atom stereocenters. The molecule has 0 bridgehead atoms. The van der Waals surface area contributed by atoms with E-state index in [9.17, 15) is 9.59 Å². The second-order valence-corrected chi connectivity index (χ2v) is 4.82. The summed E-state index contributed by atoms with van der Waals surface area (Å²) in [5.41, 5.74) is 0. The standard InChI is InChI=1S/C12H18N2O4S/c1-3-4-6-18-12(16)14-9(11(15)17-2)8-10-13-5-7-19-10/h5,7,9H,3-4,6,8H2,1-2H3,(H,14,16). The molecule has 0 radical (unpaired) electrons. The largest absolute Gasteiger partial charge is 0.467 e. The molecular weight excluding hydrogens is 268 g/mol. The Morgan fingerprint density at radius 2 is 2.32 bits per heavy atom.